The Labute approximate surface area is 282 Å². The Kier molecular flexibility index (Phi) is 6.55. The van der Waals surface area contributed by atoms with Gasteiger partial charge in [0.1, 0.15) is 0 Å². The number of benzene rings is 8. The molecule has 0 fully saturated rings. The summed E-state index contributed by atoms with van der Waals surface area (Å²) in [7, 11) is 0. The minimum Gasteiger partial charge on any atom is -0.310 e. The molecule has 1 nitrogen and oxygen atoms in total. The fourth-order valence-electron chi connectivity index (χ4n) is 7.89. The van der Waals surface area contributed by atoms with Crippen molar-refractivity contribution in [3.05, 3.63) is 187 Å². The molecule has 0 saturated heterocycles. The Morgan fingerprint density at radius 1 is 0.396 bits per heavy atom. The van der Waals surface area contributed by atoms with E-state index >= 15 is 0 Å². The van der Waals surface area contributed by atoms with Crippen molar-refractivity contribution in [3.8, 4) is 33.4 Å². The van der Waals surface area contributed by atoms with Gasteiger partial charge in [0.2, 0.25) is 0 Å². The first kappa shape index (κ1) is 28.3. The van der Waals surface area contributed by atoms with Crippen molar-refractivity contribution in [2.45, 2.75) is 19.3 Å². The van der Waals surface area contributed by atoms with Gasteiger partial charge in [-0.1, -0.05) is 159 Å². The smallest absolute Gasteiger partial charge is 0.0546 e. The van der Waals surface area contributed by atoms with Crippen LogP contribution >= 0.6 is 0 Å². The third kappa shape index (κ3) is 4.47. The molecule has 228 valence electrons. The molecule has 1 aliphatic rings. The van der Waals surface area contributed by atoms with Gasteiger partial charge >= 0.3 is 0 Å². The second-order valence-corrected chi connectivity index (χ2v) is 13.4. The molecule has 0 heterocycles. The lowest BCUT2D eigenvalue weighted by Gasteiger charge is -2.31. The fourth-order valence-corrected chi connectivity index (χ4v) is 7.89. The van der Waals surface area contributed by atoms with E-state index in [-0.39, 0.29) is 5.41 Å². The molecule has 1 aliphatic carbocycles. The summed E-state index contributed by atoms with van der Waals surface area (Å²) >= 11 is 0. The van der Waals surface area contributed by atoms with Gasteiger partial charge < -0.3 is 4.90 Å². The van der Waals surface area contributed by atoms with E-state index < -0.39 is 0 Å². The van der Waals surface area contributed by atoms with Crippen LogP contribution in [0.1, 0.15) is 25.0 Å². The first-order valence-corrected chi connectivity index (χ1v) is 16.8. The molecule has 0 spiro atoms. The molecular weight excluding hydrogens is 579 g/mol. The molecule has 0 aliphatic heterocycles. The normalized spacial score (nSPS) is 13.0. The van der Waals surface area contributed by atoms with E-state index in [1.807, 2.05) is 0 Å². The molecule has 0 amide bonds. The monoisotopic (exact) mass is 613 g/mol. The highest BCUT2D eigenvalue weighted by molar-refractivity contribution is 6.11. The minimum absolute atomic E-state index is 0.110. The van der Waals surface area contributed by atoms with E-state index in [1.54, 1.807) is 0 Å². The van der Waals surface area contributed by atoms with Crippen molar-refractivity contribution in [2.75, 3.05) is 4.90 Å². The first-order valence-electron chi connectivity index (χ1n) is 16.8. The van der Waals surface area contributed by atoms with Crippen LogP contribution in [0.5, 0.6) is 0 Å². The molecule has 0 unspecified atom stereocenters. The van der Waals surface area contributed by atoms with Crippen LogP contribution in [-0.4, -0.2) is 0 Å². The van der Waals surface area contributed by atoms with Crippen molar-refractivity contribution in [2.24, 2.45) is 0 Å². The van der Waals surface area contributed by atoms with E-state index in [4.69, 9.17) is 0 Å². The van der Waals surface area contributed by atoms with E-state index in [1.165, 1.54) is 66.1 Å². The lowest BCUT2D eigenvalue weighted by molar-refractivity contribution is 0.660. The topological polar surface area (TPSA) is 3.24 Å². The van der Waals surface area contributed by atoms with Crippen LogP contribution in [0.15, 0.2) is 176 Å². The summed E-state index contributed by atoms with van der Waals surface area (Å²) in [6, 6.07) is 64.5. The molecule has 0 radical (unpaired) electrons. The standard InChI is InChI=1S/C47H35N/c1-47(2)43-25-11-10-23-40(43)41-28-27-37(31-44(41)47)48(36-20-12-19-35(30-36)32-14-4-3-5-15-32)45-29-26-34-17-7-9-22-39(34)46(45)42-24-13-18-33-16-6-8-21-38(33)42/h3-31H,1-2H3. The summed E-state index contributed by atoms with van der Waals surface area (Å²) in [6.07, 6.45) is 0. The maximum absolute atomic E-state index is 2.48. The Morgan fingerprint density at radius 2 is 1.00 bits per heavy atom. The number of anilines is 3. The predicted octanol–water partition coefficient (Wildman–Crippen LogP) is 13.1. The Hall–Kier alpha value is -5.92. The van der Waals surface area contributed by atoms with Crippen LogP contribution in [0.25, 0.3) is 54.9 Å². The Balaban J connectivity index is 1.35. The maximum Gasteiger partial charge on any atom is 0.0546 e. The molecule has 1 heteroatoms. The van der Waals surface area contributed by atoms with Crippen LogP contribution in [-0.2, 0) is 5.41 Å². The van der Waals surface area contributed by atoms with Gasteiger partial charge in [-0.15, -0.1) is 0 Å². The van der Waals surface area contributed by atoms with Gasteiger partial charge in [-0.3, -0.25) is 0 Å². The Bertz CT molecular complexity index is 2480. The van der Waals surface area contributed by atoms with Crippen LogP contribution in [0, 0.1) is 0 Å². The second kappa shape index (κ2) is 11.1. The second-order valence-electron chi connectivity index (χ2n) is 13.4. The van der Waals surface area contributed by atoms with E-state index in [0.717, 1.165) is 17.1 Å². The third-order valence-electron chi connectivity index (χ3n) is 10.2. The average molecular weight is 614 g/mol. The molecule has 0 N–H and O–H groups in total. The molecule has 0 aromatic heterocycles. The van der Waals surface area contributed by atoms with Crippen LogP contribution in [0.4, 0.5) is 17.1 Å². The third-order valence-corrected chi connectivity index (χ3v) is 10.2. The fraction of sp³-hybridized carbons (Fsp3) is 0.0638. The number of hydrogen-bond acceptors (Lipinski definition) is 1. The quantitative estimate of drug-likeness (QED) is 0.187. The molecule has 0 saturated carbocycles. The van der Waals surface area contributed by atoms with Crippen molar-refractivity contribution in [3.63, 3.8) is 0 Å². The molecule has 48 heavy (non-hydrogen) atoms. The highest BCUT2D eigenvalue weighted by Gasteiger charge is 2.36. The van der Waals surface area contributed by atoms with Crippen LogP contribution in [0.2, 0.25) is 0 Å². The van der Waals surface area contributed by atoms with Crippen molar-refractivity contribution in [1.82, 2.24) is 0 Å². The zero-order valence-corrected chi connectivity index (χ0v) is 27.2. The minimum atomic E-state index is -0.110. The first-order chi connectivity index (χ1) is 23.6. The van der Waals surface area contributed by atoms with Crippen LogP contribution in [0.3, 0.4) is 0 Å². The van der Waals surface area contributed by atoms with Gasteiger partial charge in [0.15, 0.2) is 0 Å². The molecule has 0 atom stereocenters. The molecule has 8 aromatic rings. The Morgan fingerprint density at radius 3 is 1.85 bits per heavy atom. The largest absolute Gasteiger partial charge is 0.310 e. The maximum atomic E-state index is 2.48. The van der Waals surface area contributed by atoms with Gasteiger partial charge in [-0.25, -0.2) is 0 Å². The number of nitrogens with zero attached hydrogens (tertiary/aromatic N) is 1. The van der Waals surface area contributed by atoms with E-state index in [0.29, 0.717) is 0 Å². The summed E-state index contributed by atoms with van der Waals surface area (Å²) in [5.74, 6) is 0. The van der Waals surface area contributed by atoms with Crippen molar-refractivity contribution >= 4 is 38.6 Å². The zero-order chi connectivity index (χ0) is 32.2. The SMILES string of the molecule is CC1(C)c2ccccc2-c2ccc(N(c3cccc(-c4ccccc4)c3)c3ccc4ccccc4c3-c3cccc4ccccc34)cc21. The summed E-state index contributed by atoms with van der Waals surface area (Å²) in [5.41, 5.74) is 13.6. The van der Waals surface area contributed by atoms with Crippen molar-refractivity contribution < 1.29 is 0 Å². The lowest BCUT2D eigenvalue weighted by atomic mass is 9.82. The van der Waals surface area contributed by atoms with Gasteiger partial charge in [0.25, 0.3) is 0 Å². The molecule has 9 rings (SSSR count). The highest BCUT2D eigenvalue weighted by atomic mass is 15.1. The summed E-state index contributed by atoms with van der Waals surface area (Å²) in [6.45, 7) is 4.72. The van der Waals surface area contributed by atoms with Gasteiger partial charge in [-0.05, 0) is 90.8 Å². The predicted molar refractivity (Wildman–Crippen MR) is 205 cm³/mol. The number of rotatable bonds is 5. The van der Waals surface area contributed by atoms with Crippen molar-refractivity contribution in [1.29, 1.82) is 0 Å². The summed E-state index contributed by atoms with van der Waals surface area (Å²) in [4.78, 5) is 2.48. The molecular formula is C47H35N. The highest BCUT2D eigenvalue weighted by Crippen LogP contribution is 2.52. The zero-order valence-electron chi connectivity index (χ0n) is 27.2. The average Bonchev–Trinajstić information content (AvgIpc) is 3.37. The van der Waals surface area contributed by atoms with Crippen LogP contribution < -0.4 is 4.90 Å². The van der Waals surface area contributed by atoms with E-state index in [2.05, 4.69) is 195 Å². The number of hydrogen-bond donors (Lipinski definition) is 0. The molecule has 0 bridgehead atoms. The van der Waals surface area contributed by atoms with E-state index in [9.17, 15) is 0 Å². The number of fused-ring (bicyclic) bond motifs is 5. The molecule has 8 aromatic carbocycles. The summed E-state index contributed by atoms with van der Waals surface area (Å²) in [5, 5.41) is 4.96. The van der Waals surface area contributed by atoms with Gasteiger partial charge in [0, 0.05) is 22.4 Å². The summed E-state index contributed by atoms with van der Waals surface area (Å²) < 4.78 is 0. The lowest BCUT2D eigenvalue weighted by Crippen LogP contribution is -2.17. The van der Waals surface area contributed by atoms with Gasteiger partial charge in [0.05, 0.1) is 5.69 Å². The van der Waals surface area contributed by atoms with Gasteiger partial charge in [-0.2, -0.15) is 0 Å².